The van der Waals surface area contributed by atoms with Crippen LogP contribution in [0.1, 0.15) is 53.1 Å². The van der Waals surface area contributed by atoms with Gasteiger partial charge in [0.05, 0.1) is 11.5 Å². The molecule has 0 saturated carbocycles. The summed E-state index contributed by atoms with van der Waals surface area (Å²) < 4.78 is 7.33. The number of nitro groups is 1. The lowest BCUT2D eigenvalue weighted by molar-refractivity contribution is -0.384. The predicted octanol–water partition coefficient (Wildman–Crippen LogP) is 6.82. The fourth-order valence-corrected chi connectivity index (χ4v) is 5.26. The number of carbonyl (C=O) groups excluding carboxylic acids is 2. The summed E-state index contributed by atoms with van der Waals surface area (Å²) in [7, 11) is 0. The van der Waals surface area contributed by atoms with Crippen molar-refractivity contribution in [3.63, 3.8) is 0 Å². The lowest BCUT2D eigenvalue weighted by atomic mass is 10.0. The highest BCUT2D eigenvalue weighted by Crippen LogP contribution is 2.37. The molecular formula is C27H27N3O5S. The van der Waals surface area contributed by atoms with E-state index in [0.29, 0.717) is 28.4 Å². The Balaban J connectivity index is 1.76. The third kappa shape index (κ3) is 4.74. The molecule has 8 nitrogen and oxygen atoms in total. The molecule has 4 aromatic rings. The zero-order chi connectivity index (χ0) is 25.8. The molecule has 0 aliphatic carbocycles. The van der Waals surface area contributed by atoms with Crippen molar-refractivity contribution in [2.75, 3.05) is 11.9 Å². The number of carbonyl (C=O) groups is 2. The Bertz CT molecular complexity index is 1440. The minimum Gasteiger partial charge on any atom is -0.462 e. The Hall–Kier alpha value is -3.98. The normalized spacial score (nSPS) is 11.0. The largest absolute Gasteiger partial charge is 0.462 e. The van der Waals surface area contributed by atoms with Crippen LogP contribution in [0.5, 0.6) is 0 Å². The van der Waals surface area contributed by atoms with E-state index < -0.39 is 10.9 Å². The summed E-state index contributed by atoms with van der Waals surface area (Å²) in [5.41, 5.74) is 3.79. The number of unbranched alkanes of at least 4 members (excludes halogenated alkanes) is 1. The van der Waals surface area contributed by atoms with E-state index in [1.165, 1.54) is 23.5 Å². The average Bonchev–Trinajstić information content (AvgIpc) is 3.41. The molecule has 186 valence electrons. The van der Waals surface area contributed by atoms with E-state index in [-0.39, 0.29) is 23.8 Å². The van der Waals surface area contributed by atoms with E-state index in [1.807, 2.05) is 35.8 Å². The van der Waals surface area contributed by atoms with Crippen molar-refractivity contribution < 1.29 is 19.2 Å². The van der Waals surface area contributed by atoms with Gasteiger partial charge in [-0.25, -0.2) is 4.79 Å². The van der Waals surface area contributed by atoms with Gasteiger partial charge in [0.15, 0.2) is 0 Å². The number of nitro benzene ring substituents is 1. The molecule has 1 amide bonds. The van der Waals surface area contributed by atoms with Crippen molar-refractivity contribution in [2.24, 2.45) is 0 Å². The van der Waals surface area contributed by atoms with Crippen molar-refractivity contribution in [2.45, 2.75) is 40.2 Å². The first-order chi connectivity index (χ1) is 17.4. The number of rotatable bonds is 9. The monoisotopic (exact) mass is 505 g/mol. The number of amides is 1. The first kappa shape index (κ1) is 25.1. The smallest absolute Gasteiger partial charge is 0.341 e. The third-order valence-corrected chi connectivity index (χ3v) is 6.96. The van der Waals surface area contributed by atoms with Gasteiger partial charge in [0, 0.05) is 40.5 Å². The predicted molar refractivity (Wildman–Crippen MR) is 142 cm³/mol. The molecule has 0 aliphatic heterocycles. The number of non-ortho nitro benzene ring substituents is 1. The minimum atomic E-state index is -0.564. The number of thiophene rings is 1. The van der Waals surface area contributed by atoms with Crippen LogP contribution in [0.15, 0.2) is 53.9 Å². The summed E-state index contributed by atoms with van der Waals surface area (Å²) >= 11 is 1.22. The van der Waals surface area contributed by atoms with Crippen molar-refractivity contribution in [1.29, 1.82) is 0 Å². The second-order valence-corrected chi connectivity index (χ2v) is 9.21. The second kappa shape index (κ2) is 10.7. The first-order valence-corrected chi connectivity index (χ1v) is 12.7. The minimum absolute atomic E-state index is 0.0458. The lowest BCUT2D eigenvalue weighted by Gasteiger charge is -2.12. The van der Waals surface area contributed by atoms with Gasteiger partial charge in [-0.3, -0.25) is 14.9 Å². The van der Waals surface area contributed by atoms with Gasteiger partial charge >= 0.3 is 5.97 Å². The van der Waals surface area contributed by atoms with E-state index >= 15 is 0 Å². The van der Waals surface area contributed by atoms with Crippen LogP contribution in [0, 0.1) is 17.0 Å². The Morgan fingerprint density at radius 3 is 2.50 bits per heavy atom. The molecule has 9 heteroatoms. The number of ether oxygens (including phenoxy) is 1. The molecule has 0 fully saturated rings. The molecule has 0 radical (unpaired) electrons. The number of aromatic nitrogens is 1. The van der Waals surface area contributed by atoms with Gasteiger partial charge in [0.2, 0.25) is 0 Å². The molecule has 0 atom stereocenters. The molecular weight excluding hydrogens is 478 g/mol. The van der Waals surface area contributed by atoms with Gasteiger partial charge in [-0.1, -0.05) is 31.5 Å². The van der Waals surface area contributed by atoms with Crippen molar-refractivity contribution in [1.82, 2.24) is 4.57 Å². The number of fused-ring (bicyclic) bond motifs is 1. The number of benzene rings is 2. The Morgan fingerprint density at radius 2 is 1.83 bits per heavy atom. The lowest BCUT2D eigenvalue weighted by Crippen LogP contribution is -2.19. The van der Waals surface area contributed by atoms with Crippen molar-refractivity contribution >= 4 is 44.8 Å². The fourth-order valence-electron chi connectivity index (χ4n) is 4.31. The van der Waals surface area contributed by atoms with E-state index in [0.717, 1.165) is 29.3 Å². The van der Waals surface area contributed by atoms with Gasteiger partial charge in [-0.15, -0.1) is 11.3 Å². The topological polar surface area (TPSA) is 103 Å². The maximum Gasteiger partial charge on any atom is 0.341 e. The summed E-state index contributed by atoms with van der Waals surface area (Å²) in [5, 5.41) is 17.1. The van der Waals surface area contributed by atoms with Gasteiger partial charge < -0.3 is 14.6 Å². The van der Waals surface area contributed by atoms with E-state index in [1.54, 1.807) is 24.4 Å². The zero-order valence-electron chi connectivity index (χ0n) is 20.4. The average molecular weight is 506 g/mol. The highest BCUT2D eigenvalue weighted by molar-refractivity contribution is 7.15. The maximum atomic E-state index is 13.6. The Kier molecular flexibility index (Phi) is 7.49. The SMILES string of the molecule is CCCCn1c(C(=O)Nc2scc(-c3ccc([N+](=O)[O-])cc3)c2C(=O)OCC)c(C)c2ccccc21. The number of aryl methyl sites for hydroxylation is 2. The quantitative estimate of drug-likeness (QED) is 0.153. The maximum absolute atomic E-state index is 13.6. The van der Waals surface area contributed by atoms with Crippen LogP contribution in [-0.4, -0.2) is 28.0 Å². The molecule has 0 aliphatic rings. The number of esters is 1. The van der Waals surface area contributed by atoms with Crippen LogP contribution in [0.25, 0.3) is 22.0 Å². The van der Waals surface area contributed by atoms with Gasteiger partial charge in [0.25, 0.3) is 11.6 Å². The standard InChI is InChI=1S/C27H27N3O5S/c1-4-6-15-29-22-10-8-7-9-20(22)17(3)24(29)25(31)28-26-23(27(32)35-5-2)21(16-36-26)18-11-13-19(14-12-18)30(33)34/h7-14,16H,4-6,15H2,1-3H3,(H,28,31). The number of hydrogen-bond donors (Lipinski definition) is 1. The molecule has 1 N–H and O–H groups in total. The summed E-state index contributed by atoms with van der Waals surface area (Å²) in [4.78, 5) is 37.1. The fraction of sp³-hybridized carbons (Fsp3) is 0.259. The summed E-state index contributed by atoms with van der Waals surface area (Å²) in [6.45, 7) is 6.63. The van der Waals surface area contributed by atoms with E-state index in [4.69, 9.17) is 4.74 Å². The van der Waals surface area contributed by atoms with Crippen LogP contribution in [0.3, 0.4) is 0 Å². The zero-order valence-corrected chi connectivity index (χ0v) is 21.2. The molecule has 0 bridgehead atoms. The highest BCUT2D eigenvalue weighted by atomic mass is 32.1. The van der Waals surface area contributed by atoms with Crippen molar-refractivity contribution in [3.05, 3.63) is 80.8 Å². The molecule has 0 spiro atoms. The van der Waals surface area contributed by atoms with Crippen LogP contribution in [0.4, 0.5) is 10.7 Å². The van der Waals surface area contributed by atoms with Crippen molar-refractivity contribution in [3.8, 4) is 11.1 Å². The highest BCUT2D eigenvalue weighted by Gasteiger charge is 2.26. The first-order valence-electron chi connectivity index (χ1n) is 11.8. The summed E-state index contributed by atoms with van der Waals surface area (Å²) in [5.74, 6) is -0.867. The van der Waals surface area contributed by atoms with E-state index in [9.17, 15) is 19.7 Å². The van der Waals surface area contributed by atoms with Crippen LogP contribution in [0.2, 0.25) is 0 Å². The molecule has 2 heterocycles. The van der Waals surface area contributed by atoms with Gasteiger partial charge in [-0.2, -0.15) is 0 Å². The summed E-state index contributed by atoms with van der Waals surface area (Å²) in [6, 6.07) is 13.9. The van der Waals surface area contributed by atoms with Crippen LogP contribution in [-0.2, 0) is 11.3 Å². The third-order valence-electron chi connectivity index (χ3n) is 6.06. The van der Waals surface area contributed by atoms with Gasteiger partial charge in [0.1, 0.15) is 16.3 Å². The number of hydrogen-bond acceptors (Lipinski definition) is 6. The summed E-state index contributed by atoms with van der Waals surface area (Å²) in [6.07, 6.45) is 1.92. The molecule has 2 aromatic carbocycles. The second-order valence-electron chi connectivity index (χ2n) is 8.33. The van der Waals surface area contributed by atoms with E-state index in [2.05, 4.69) is 12.2 Å². The number of nitrogens with zero attached hydrogens (tertiary/aromatic N) is 2. The molecule has 2 aromatic heterocycles. The van der Waals surface area contributed by atoms with Crippen LogP contribution >= 0.6 is 11.3 Å². The Labute approximate surface area is 212 Å². The number of para-hydroxylation sites is 1. The Morgan fingerprint density at radius 1 is 1.11 bits per heavy atom. The van der Waals surface area contributed by atoms with Gasteiger partial charge in [-0.05, 0) is 49.6 Å². The number of nitrogens with one attached hydrogen (secondary N) is 1. The molecule has 4 rings (SSSR count). The molecule has 36 heavy (non-hydrogen) atoms. The molecule has 0 saturated heterocycles. The molecule has 0 unspecified atom stereocenters. The number of anilines is 1. The van der Waals surface area contributed by atoms with Crippen LogP contribution < -0.4 is 5.32 Å².